The fraction of sp³-hybridized carbons (Fsp3) is 0.0667. The van der Waals surface area contributed by atoms with Crippen LogP contribution in [0.4, 0.5) is 4.39 Å². The number of carbonyl (C=O) groups is 1. The minimum atomic E-state index is -0.606. The molecule has 0 spiro atoms. The highest BCUT2D eigenvalue weighted by molar-refractivity contribution is 5.95. The summed E-state index contributed by atoms with van der Waals surface area (Å²) in [7, 11) is 0. The topological polar surface area (TPSA) is 59.9 Å². The zero-order valence-corrected chi connectivity index (χ0v) is 10.9. The molecule has 0 atom stereocenters. The van der Waals surface area contributed by atoms with E-state index in [1.807, 2.05) is 0 Å². The van der Waals surface area contributed by atoms with Crippen LogP contribution in [0, 0.1) is 5.82 Å². The van der Waals surface area contributed by atoms with Crippen molar-refractivity contribution in [3.05, 3.63) is 59.4 Å². The highest BCUT2D eigenvalue weighted by Crippen LogP contribution is 2.31. The first-order chi connectivity index (χ1) is 10.2. The number of fused-ring (bicyclic) bond motifs is 1. The molecule has 3 rings (SSSR count). The third-order valence-electron chi connectivity index (χ3n) is 2.89. The summed E-state index contributed by atoms with van der Waals surface area (Å²) in [5, 5.41) is 3.80. The Morgan fingerprint density at radius 1 is 1.19 bits per heavy atom. The molecule has 0 saturated carbocycles. The summed E-state index contributed by atoms with van der Waals surface area (Å²) in [6, 6.07) is 11.0. The number of amides is 1. The van der Waals surface area contributed by atoms with Crippen LogP contribution in [0.15, 0.2) is 47.6 Å². The second-order valence-electron chi connectivity index (χ2n) is 4.29. The fourth-order valence-electron chi connectivity index (χ4n) is 1.86. The number of carbonyl (C=O) groups excluding carboxylic acids is 1. The summed E-state index contributed by atoms with van der Waals surface area (Å²) in [5.41, 5.74) is 2.95. The van der Waals surface area contributed by atoms with E-state index in [0.29, 0.717) is 11.5 Å². The zero-order chi connectivity index (χ0) is 14.7. The molecule has 1 amide bonds. The van der Waals surface area contributed by atoms with Gasteiger partial charge in [-0.3, -0.25) is 4.79 Å². The summed E-state index contributed by atoms with van der Waals surface area (Å²) in [6.07, 6.45) is 1.45. The van der Waals surface area contributed by atoms with Crippen LogP contribution in [0.3, 0.4) is 0 Å². The van der Waals surface area contributed by atoms with Crippen molar-refractivity contribution in [3.8, 4) is 11.5 Å². The van der Waals surface area contributed by atoms with Crippen LogP contribution in [-0.2, 0) is 0 Å². The summed E-state index contributed by atoms with van der Waals surface area (Å²) >= 11 is 0. The van der Waals surface area contributed by atoms with Gasteiger partial charge >= 0.3 is 0 Å². The van der Waals surface area contributed by atoms with Gasteiger partial charge in [0.1, 0.15) is 5.82 Å². The SMILES string of the molecule is O=C(NN=Cc1ccc2c(c1)OCO2)c1ccccc1F. The van der Waals surface area contributed by atoms with Crippen molar-refractivity contribution in [3.63, 3.8) is 0 Å². The molecule has 0 unspecified atom stereocenters. The first-order valence-electron chi connectivity index (χ1n) is 6.21. The molecule has 106 valence electrons. The molecule has 2 aromatic carbocycles. The number of hydrogen-bond donors (Lipinski definition) is 1. The number of nitrogens with zero attached hydrogens (tertiary/aromatic N) is 1. The van der Waals surface area contributed by atoms with Gasteiger partial charge in [-0.05, 0) is 35.9 Å². The summed E-state index contributed by atoms with van der Waals surface area (Å²) in [4.78, 5) is 11.7. The normalized spacial score (nSPS) is 12.6. The molecule has 21 heavy (non-hydrogen) atoms. The number of benzene rings is 2. The molecule has 1 aliphatic heterocycles. The van der Waals surface area contributed by atoms with E-state index in [2.05, 4.69) is 10.5 Å². The average Bonchev–Trinajstić information content (AvgIpc) is 2.95. The van der Waals surface area contributed by atoms with Crippen molar-refractivity contribution >= 4 is 12.1 Å². The maximum Gasteiger partial charge on any atom is 0.274 e. The van der Waals surface area contributed by atoms with E-state index in [1.165, 1.54) is 24.4 Å². The molecule has 5 nitrogen and oxygen atoms in total. The second-order valence-corrected chi connectivity index (χ2v) is 4.29. The van der Waals surface area contributed by atoms with Crippen LogP contribution in [0.25, 0.3) is 0 Å². The van der Waals surface area contributed by atoms with Gasteiger partial charge in [-0.2, -0.15) is 5.10 Å². The number of nitrogens with one attached hydrogen (secondary N) is 1. The van der Waals surface area contributed by atoms with Crippen LogP contribution in [-0.4, -0.2) is 18.9 Å². The monoisotopic (exact) mass is 286 g/mol. The van der Waals surface area contributed by atoms with Gasteiger partial charge in [0, 0.05) is 0 Å². The first kappa shape index (κ1) is 13.1. The molecule has 1 aliphatic rings. The van der Waals surface area contributed by atoms with Crippen LogP contribution >= 0.6 is 0 Å². The van der Waals surface area contributed by atoms with Crippen LogP contribution in [0.2, 0.25) is 0 Å². The molecule has 0 radical (unpaired) electrons. The number of hydrogen-bond acceptors (Lipinski definition) is 4. The van der Waals surface area contributed by atoms with Gasteiger partial charge in [0.2, 0.25) is 6.79 Å². The van der Waals surface area contributed by atoms with Gasteiger partial charge in [-0.1, -0.05) is 12.1 Å². The lowest BCUT2D eigenvalue weighted by atomic mass is 10.2. The summed E-state index contributed by atoms with van der Waals surface area (Å²) in [6.45, 7) is 0.194. The maximum absolute atomic E-state index is 13.4. The second kappa shape index (κ2) is 5.62. The average molecular weight is 286 g/mol. The zero-order valence-electron chi connectivity index (χ0n) is 10.9. The largest absolute Gasteiger partial charge is 0.454 e. The molecule has 0 aromatic heterocycles. The Morgan fingerprint density at radius 2 is 2.00 bits per heavy atom. The molecule has 1 heterocycles. The van der Waals surface area contributed by atoms with Gasteiger partial charge in [0.15, 0.2) is 11.5 Å². The molecular weight excluding hydrogens is 275 g/mol. The van der Waals surface area contributed by atoms with E-state index in [0.717, 1.165) is 5.56 Å². The molecular formula is C15H11FN2O3. The van der Waals surface area contributed by atoms with Crippen molar-refractivity contribution in [1.29, 1.82) is 0 Å². The molecule has 0 fully saturated rings. The molecule has 0 aliphatic carbocycles. The smallest absolute Gasteiger partial charge is 0.274 e. The first-order valence-corrected chi connectivity index (χ1v) is 6.21. The van der Waals surface area contributed by atoms with Crippen molar-refractivity contribution in [2.45, 2.75) is 0 Å². The lowest BCUT2D eigenvalue weighted by Gasteiger charge is -2.01. The third kappa shape index (κ3) is 2.84. The Balaban J connectivity index is 1.67. The Kier molecular flexibility index (Phi) is 3.51. The van der Waals surface area contributed by atoms with Gasteiger partial charge in [0.25, 0.3) is 5.91 Å². The fourth-order valence-corrected chi connectivity index (χ4v) is 1.86. The predicted octanol–water partition coefficient (Wildman–Crippen LogP) is 2.32. The standard InChI is InChI=1S/C15H11FN2O3/c16-12-4-2-1-3-11(12)15(19)18-17-8-10-5-6-13-14(7-10)21-9-20-13/h1-8H,9H2,(H,18,19). The van der Waals surface area contributed by atoms with Gasteiger partial charge in [0.05, 0.1) is 11.8 Å². The minimum Gasteiger partial charge on any atom is -0.454 e. The Bertz CT molecular complexity index is 716. The lowest BCUT2D eigenvalue weighted by Crippen LogP contribution is -2.18. The van der Waals surface area contributed by atoms with Crippen molar-refractivity contribution in [1.82, 2.24) is 5.43 Å². The minimum absolute atomic E-state index is 0.0552. The van der Waals surface area contributed by atoms with Crippen LogP contribution in [0.5, 0.6) is 11.5 Å². The van der Waals surface area contributed by atoms with Crippen molar-refractivity contribution in [2.75, 3.05) is 6.79 Å². The number of rotatable bonds is 3. The summed E-state index contributed by atoms with van der Waals surface area (Å²) in [5.74, 6) is 0.0975. The van der Waals surface area contributed by atoms with E-state index in [1.54, 1.807) is 24.3 Å². The Labute approximate surface area is 120 Å². The van der Waals surface area contributed by atoms with Gasteiger partial charge in [-0.15, -0.1) is 0 Å². The maximum atomic E-state index is 13.4. The molecule has 2 aromatic rings. The van der Waals surface area contributed by atoms with Crippen LogP contribution < -0.4 is 14.9 Å². The number of ether oxygens (including phenoxy) is 2. The molecule has 6 heteroatoms. The highest BCUT2D eigenvalue weighted by atomic mass is 19.1. The van der Waals surface area contributed by atoms with Gasteiger partial charge < -0.3 is 9.47 Å². The van der Waals surface area contributed by atoms with E-state index in [-0.39, 0.29) is 12.4 Å². The third-order valence-corrected chi connectivity index (χ3v) is 2.89. The Hall–Kier alpha value is -2.89. The lowest BCUT2D eigenvalue weighted by molar-refractivity contribution is 0.0951. The Morgan fingerprint density at radius 3 is 2.86 bits per heavy atom. The molecule has 0 bridgehead atoms. The molecule has 1 N–H and O–H groups in total. The highest BCUT2D eigenvalue weighted by Gasteiger charge is 2.12. The predicted molar refractivity (Wildman–Crippen MR) is 74.0 cm³/mol. The van der Waals surface area contributed by atoms with E-state index < -0.39 is 11.7 Å². The number of hydrazone groups is 1. The summed E-state index contributed by atoms with van der Waals surface area (Å²) < 4.78 is 23.8. The molecule has 0 saturated heterocycles. The van der Waals surface area contributed by atoms with E-state index in [9.17, 15) is 9.18 Å². The van der Waals surface area contributed by atoms with Crippen molar-refractivity contribution in [2.24, 2.45) is 5.10 Å². The number of halogens is 1. The van der Waals surface area contributed by atoms with E-state index >= 15 is 0 Å². The van der Waals surface area contributed by atoms with Crippen molar-refractivity contribution < 1.29 is 18.7 Å². The quantitative estimate of drug-likeness (QED) is 0.696. The van der Waals surface area contributed by atoms with Crippen LogP contribution in [0.1, 0.15) is 15.9 Å². The van der Waals surface area contributed by atoms with E-state index in [4.69, 9.17) is 9.47 Å². The van der Waals surface area contributed by atoms with Gasteiger partial charge in [-0.25, -0.2) is 9.82 Å².